The molecule has 0 aliphatic carbocycles. The van der Waals surface area contributed by atoms with Crippen LogP contribution in [0.2, 0.25) is 0 Å². The number of alkyl halides is 2. The predicted octanol–water partition coefficient (Wildman–Crippen LogP) is 1.55. The van der Waals surface area contributed by atoms with Gasteiger partial charge in [0.1, 0.15) is 0 Å². The largest absolute Gasteiger partial charge is 0.320 e. The van der Waals surface area contributed by atoms with Crippen LogP contribution in [-0.2, 0) is 9.59 Å². The topological polar surface area (TPSA) is 49.4 Å². The number of para-hydroxylation sites is 1. The summed E-state index contributed by atoms with van der Waals surface area (Å²) in [5, 5.41) is 2.19. The van der Waals surface area contributed by atoms with Crippen LogP contribution >= 0.6 is 23.2 Å². The van der Waals surface area contributed by atoms with Crippen LogP contribution < -0.4 is 10.2 Å². The fraction of sp³-hybridized carbons (Fsp3) is 0.200. The molecule has 0 bridgehead atoms. The first-order valence-electron chi connectivity index (χ1n) is 4.53. The molecule has 16 heavy (non-hydrogen) atoms. The van der Waals surface area contributed by atoms with Crippen LogP contribution in [0.4, 0.5) is 5.69 Å². The molecule has 2 rings (SSSR count). The van der Waals surface area contributed by atoms with Gasteiger partial charge in [-0.3, -0.25) is 19.8 Å². The molecule has 0 saturated carbocycles. The van der Waals surface area contributed by atoms with Crippen molar-refractivity contribution in [3.05, 3.63) is 29.8 Å². The minimum absolute atomic E-state index is 0.510. The maximum Gasteiger partial charge on any atom is 0.320 e. The third-order valence-corrected chi connectivity index (χ3v) is 2.83. The number of hydrogen-bond donors (Lipinski definition) is 1. The maximum absolute atomic E-state index is 11.6. The van der Waals surface area contributed by atoms with Gasteiger partial charge in [0.25, 0.3) is 4.58 Å². The van der Waals surface area contributed by atoms with Gasteiger partial charge in [0.05, 0.1) is 5.69 Å². The fourth-order valence-electron chi connectivity index (χ4n) is 1.55. The Hall–Kier alpha value is -1.26. The summed E-state index contributed by atoms with van der Waals surface area (Å²) in [5.41, 5.74) is 1.31. The van der Waals surface area contributed by atoms with E-state index in [1.54, 1.807) is 25.1 Å². The number of amides is 2. The van der Waals surface area contributed by atoms with E-state index in [0.29, 0.717) is 5.69 Å². The lowest BCUT2D eigenvalue weighted by Crippen LogP contribution is -2.42. The van der Waals surface area contributed by atoms with E-state index >= 15 is 0 Å². The summed E-state index contributed by atoms with van der Waals surface area (Å²) in [6, 6.07) is 7.03. The number of anilines is 1. The molecule has 1 aliphatic rings. The first-order valence-corrected chi connectivity index (χ1v) is 5.29. The van der Waals surface area contributed by atoms with E-state index in [4.69, 9.17) is 23.2 Å². The van der Waals surface area contributed by atoms with Crippen molar-refractivity contribution in [2.75, 3.05) is 4.90 Å². The van der Waals surface area contributed by atoms with Gasteiger partial charge in [-0.1, -0.05) is 41.4 Å². The lowest BCUT2D eigenvalue weighted by atomic mass is 10.2. The van der Waals surface area contributed by atoms with Gasteiger partial charge in [0, 0.05) is 0 Å². The molecule has 1 fully saturated rings. The zero-order valence-electron chi connectivity index (χ0n) is 8.33. The smallest absolute Gasteiger partial charge is 0.299 e. The first kappa shape index (κ1) is 11.2. The van der Waals surface area contributed by atoms with Gasteiger partial charge < -0.3 is 0 Å². The summed E-state index contributed by atoms with van der Waals surface area (Å²) in [5.74, 6) is -1.58. The molecule has 0 aromatic heterocycles. The Labute approximate surface area is 102 Å². The number of rotatable bonds is 1. The normalized spacial score (nSPS) is 18.8. The van der Waals surface area contributed by atoms with Crippen molar-refractivity contribution < 1.29 is 9.59 Å². The number of nitrogens with zero attached hydrogens (tertiary/aromatic N) is 1. The first-order chi connectivity index (χ1) is 7.43. The Morgan fingerprint density at radius 1 is 1.25 bits per heavy atom. The van der Waals surface area contributed by atoms with Crippen LogP contribution in [0.3, 0.4) is 0 Å². The number of halogens is 2. The number of benzene rings is 1. The van der Waals surface area contributed by atoms with E-state index < -0.39 is 16.4 Å². The summed E-state index contributed by atoms with van der Waals surface area (Å²) < 4.78 is -1.72. The second-order valence-electron chi connectivity index (χ2n) is 3.42. The molecule has 1 saturated heterocycles. The van der Waals surface area contributed by atoms with Crippen LogP contribution in [0.25, 0.3) is 0 Å². The Balaban J connectivity index is 2.52. The molecule has 2 amide bonds. The number of aryl methyl sites for hydroxylation is 1. The van der Waals surface area contributed by atoms with E-state index in [0.717, 1.165) is 10.5 Å². The van der Waals surface area contributed by atoms with Crippen LogP contribution in [0.1, 0.15) is 5.56 Å². The second kappa shape index (κ2) is 3.64. The molecule has 0 spiro atoms. The number of nitrogens with one attached hydrogen (secondary N) is 1. The number of carbonyl (C=O) groups excluding carboxylic acids is 2. The van der Waals surface area contributed by atoms with Crippen molar-refractivity contribution in [2.24, 2.45) is 0 Å². The van der Waals surface area contributed by atoms with Crippen LogP contribution in [0.5, 0.6) is 0 Å². The van der Waals surface area contributed by atoms with Gasteiger partial charge in [-0.25, -0.2) is 0 Å². The molecule has 84 valence electrons. The molecule has 0 radical (unpaired) electrons. The van der Waals surface area contributed by atoms with Gasteiger partial charge in [-0.15, -0.1) is 0 Å². The molecule has 1 aliphatic heterocycles. The SMILES string of the molecule is Cc1ccccc1N1C(=O)C(=O)NC1(Cl)Cl. The highest BCUT2D eigenvalue weighted by molar-refractivity contribution is 6.59. The molecule has 4 nitrogen and oxygen atoms in total. The van der Waals surface area contributed by atoms with Gasteiger partial charge >= 0.3 is 11.8 Å². The molecule has 1 heterocycles. The van der Waals surface area contributed by atoms with E-state index in [-0.39, 0.29) is 0 Å². The van der Waals surface area contributed by atoms with Crippen LogP contribution in [0, 0.1) is 6.92 Å². The molecule has 1 N–H and O–H groups in total. The summed E-state index contributed by atoms with van der Waals surface area (Å²) in [7, 11) is 0. The predicted molar refractivity (Wildman–Crippen MR) is 61.2 cm³/mol. The molecule has 0 atom stereocenters. The minimum atomic E-state index is -1.72. The highest BCUT2D eigenvalue weighted by Crippen LogP contribution is 2.34. The molecular weight excluding hydrogens is 251 g/mol. The van der Waals surface area contributed by atoms with Gasteiger partial charge in [0.15, 0.2) is 0 Å². The summed E-state index contributed by atoms with van der Waals surface area (Å²) in [6.45, 7) is 1.80. The van der Waals surface area contributed by atoms with Crippen molar-refractivity contribution >= 4 is 40.7 Å². The Kier molecular flexibility index (Phi) is 2.56. The molecule has 0 unspecified atom stereocenters. The van der Waals surface area contributed by atoms with E-state index in [9.17, 15) is 9.59 Å². The lowest BCUT2D eigenvalue weighted by Gasteiger charge is -2.26. The number of carbonyl (C=O) groups is 2. The standard InChI is InChI=1S/C10H8Cl2N2O2/c1-6-4-2-3-5-7(6)14-9(16)8(15)13-10(14,11)12/h2-5H,1H3,(H,13,15). The van der Waals surface area contributed by atoms with Crippen molar-refractivity contribution in [1.82, 2.24) is 5.32 Å². The molecule has 1 aromatic rings. The van der Waals surface area contributed by atoms with Crippen molar-refractivity contribution in [3.8, 4) is 0 Å². The maximum atomic E-state index is 11.6. The molecular formula is C10H8Cl2N2O2. The number of hydrogen-bond acceptors (Lipinski definition) is 2. The van der Waals surface area contributed by atoms with Crippen molar-refractivity contribution in [1.29, 1.82) is 0 Å². The second-order valence-corrected chi connectivity index (χ2v) is 4.71. The Morgan fingerprint density at radius 3 is 2.38 bits per heavy atom. The summed E-state index contributed by atoms with van der Waals surface area (Å²) >= 11 is 11.7. The Bertz CT molecular complexity index is 474. The quantitative estimate of drug-likeness (QED) is 0.472. The average molecular weight is 259 g/mol. The minimum Gasteiger partial charge on any atom is -0.299 e. The summed E-state index contributed by atoms with van der Waals surface area (Å²) in [6.07, 6.45) is 0. The zero-order chi connectivity index (χ0) is 11.9. The Morgan fingerprint density at radius 2 is 1.88 bits per heavy atom. The lowest BCUT2D eigenvalue weighted by molar-refractivity contribution is -0.134. The van der Waals surface area contributed by atoms with Gasteiger partial charge in [-0.2, -0.15) is 0 Å². The molecule has 6 heteroatoms. The average Bonchev–Trinajstić information content (AvgIpc) is 2.38. The van der Waals surface area contributed by atoms with Crippen molar-refractivity contribution in [3.63, 3.8) is 0 Å². The zero-order valence-corrected chi connectivity index (χ0v) is 9.84. The van der Waals surface area contributed by atoms with E-state index in [1.807, 2.05) is 6.07 Å². The van der Waals surface area contributed by atoms with Gasteiger partial charge in [-0.05, 0) is 18.6 Å². The highest BCUT2D eigenvalue weighted by Gasteiger charge is 2.49. The van der Waals surface area contributed by atoms with E-state index in [1.165, 1.54) is 0 Å². The third kappa shape index (κ3) is 1.64. The third-order valence-electron chi connectivity index (χ3n) is 2.30. The van der Waals surface area contributed by atoms with Crippen LogP contribution in [0.15, 0.2) is 24.3 Å². The van der Waals surface area contributed by atoms with Crippen molar-refractivity contribution in [2.45, 2.75) is 11.5 Å². The van der Waals surface area contributed by atoms with E-state index in [2.05, 4.69) is 5.32 Å². The molecule has 1 aromatic carbocycles. The summed E-state index contributed by atoms with van der Waals surface area (Å²) in [4.78, 5) is 23.9. The highest BCUT2D eigenvalue weighted by atomic mass is 35.5. The monoisotopic (exact) mass is 258 g/mol. The fourth-order valence-corrected chi connectivity index (χ4v) is 2.06. The van der Waals surface area contributed by atoms with Crippen LogP contribution in [-0.4, -0.2) is 16.4 Å². The van der Waals surface area contributed by atoms with Gasteiger partial charge in [0.2, 0.25) is 0 Å².